The quantitative estimate of drug-likeness (QED) is 0.702. The largest absolute Gasteiger partial charge is 0.311 e. The lowest BCUT2D eigenvalue weighted by molar-refractivity contribution is -0.128. The number of ketones is 1. The number of amides is 1. The Labute approximate surface area is 158 Å². The van der Waals surface area contributed by atoms with Crippen LogP contribution in [0, 0.1) is 5.92 Å². The summed E-state index contributed by atoms with van der Waals surface area (Å²) in [5, 5.41) is 0.447. The molecule has 2 aliphatic rings. The second-order valence-electron chi connectivity index (χ2n) is 6.95. The first kappa shape index (κ1) is 17.0. The second kappa shape index (κ2) is 7.08. The van der Waals surface area contributed by atoms with Crippen molar-refractivity contribution in [3.05, 3.63) is 76.3 Å². The lowest BCUT2D eigenvalue weighted by atomic mass is 9.90. The van der Waals surface area contributed by atoms with Gasteiger partial charge in [0.2, 0.25) is 5.91 Å². The normalized spacial score (nSPS) is 17.6. The number of benzene rings is 2. The van der Waals surface area contributed by atoms with Gasteiger partial charge in [0.1, 0.15) is 0 Å². The van der Waals surface area contributed by atoms with Gasteiger partial charge >= 0.3 is 0 Å². The first-order chi connectivity index (χ1) is 12.6. The maximum Gasteiger partial charge on any atom is 0.227 e. The zero-order valence-corrected chi connectivity index (χ0v) is 15.2. The molecular formula is C22H20ClNO2. The third-order valence-electron chi connectivity index (χ3n) is 5.02. The maximum absolute atomic E-state index is 13.3. The molecule has 2 aromatic carbocycles. The van der Waals surface area contributed by atoms with Crippen molar-refractivity contribution >= 4 is 29.0 Å². The number of hydrogen-bond donors (Lipinski definition) is 0. The second-order valence-corrected chi connectivity index (χ2v) is 7.36. The molecule has 0 spiro atoms. The molecule has 1 amide bonds. The van der Waals surface area contributed by atoms with E-state index in [1.807, 2.05) is 47.4 Å². The van der Waals surface area contributed by atoms with E-state index >= 15 is 0 Å². The topological polar surface area (TPSA) is 37.4 Å². The Bertz CT molecular complexity index is 884. The number of nitrogens with zero attached hydrogens (tertiary/aromatic N) is 1. The lowest BCUT2D eigenvalue weighted by Gasteiger charge is -2.32. The van der Waals surface area contributed by atoms with Crippen LogP contribution in [0.4, 0.5) is 0 Å². The maximum atomic E-state index is 13.3. The summed E-state index contributed by atoms with van der Waals surface area (Å²) >= 11 is 6.27. The van der Waals surface area contributed by atoms with Gasteiger partial charge in [0.15, 0.2) is 5.78 Å². The minimum atomic E-state index is -0.0808. The predicted molar refractivity (Wildman–Crippen MR) is 103 cm³/mol. The van der Waals surface area contributed by atoms with Crippen molar-refractivity contribution < 1.29 is 9.59 Å². The summed E-state index contributed by atoms with van der Waals surface area (Å²) in [6.07, 6.45) is 3.13. The number of carbonyl (C=O) groups excluding carboxylic acids is 2. The highest BCUT2D eigenvalue weighted by molar-refractivity contribution is 6.35. The highest BCUT2D eigenvalue weighted by atomic mass is 35.5. The predicted octanol–water partition coefficient (Wildman–Crippen LogP) is 4.97. The highest BCUT2D eigenvalue weighted by Gasteiger charge is 2.35. The van der Waals surface area contributed by atoms with E-state index < -0.39 is 0 Å². The van der Waals surface area contributed by atoms with Crippen molar-refractivity contribution in [1.29, 1.82) is 0 Å². The summed E-state index contributed by atoms with van der Waals surface area (Å²) in [5.74, 6) is 0.571. The molecule has 0 unspecified atom stereocenters. The van der Waals surface area contributed by atoms with Gasteiger partial charge in [0.25, 0.3) is 0 Å². The van der Waals surface area contributed by atoms with E-state index in [4.69, 9.17) is 11.6 Å². The molecule has 0 saturated heterocycles. The Kier molecular flexibility index (Phi) is 4.64. The van der Waals surface area contributed by atoms with Crippen LogP contribution in [0.15, 0.2) is 60.2 Å². The summed E-state index contributed by atoms with van der Waals surface area (Å²) in [5.41, 5.74) is 2.86. The van der Waals surface area contributed by atoms with Crippen molar-refractivity contribution in [2.75, 3.05) is 6.54 Å². The number of Topliss-reactive ketones (excluding diaryl/α,β-unsaturated/α-hetero) is 1. The van der Waals surface area contributed by atoms with E-state index in [9.17, 15) is 9.59 Å². The van der Waals surface area contributed by atoms with E-state index in [0.29, 0.717) is 41.5 Å². The van der Waals surface area contributed by atoms with Crippen LogP contribution in [0.2, 0.25) is 5.02 Å². The van der Waals surface area contributed by atoms with Crippen molar-refractivity contribution in [1.82, 2.24) is 4.90 Å². The first-order valence-electron chi connectivity index (χ1n) is 9.03. The van der Waals surface area contributed by atoms with Gasteiger partial charge in [-0.25, -0.2) is 0 Å². The Morgan fingerprint density at radius 3 is 2.38 bits per heavy atom. The Hall–Kier alpha value is -2.39. The molecule has 1 aliphatic carbocycles. The molecule has 0 bridgehead atoms. The Morgan fingerprint density at radius 2 is 1.69 bits per heavy atom. The summed E-state index contributed by atoms with van der Waals surface area (Å²) < 4.78 is 0. The fourth-order valence-electron chi connectivity index (χ4n) is 3.48. The van der Waals surface area contributed by atoms with Gasteiger partial charge in [0, 0.05) is 24.1 Å². The molecule has 1 heterocycles. The van der Waals surface area contributed by atoms with Crippen molar-refractivity contribution in [2.24, 2.45) is 5.92 Å². The van der Waals surface area contributed by atoms with E-state index in [2.05, 4.69) is 0 Å². The van der Waals surface area contributed by atoms with Crippen LogP contribution < -0.4 is 0 Å². The van der Waals surface area contributed by atoms with Gasteiger partial charge in [-0.2, -0.15) is 0 Å². The molecule has 0 N–H and O–H groups in total. The standard InChI is InChI=1S/C22H20ClNO2/c23-19-9-5-4-8-17(19)22(26)18-12-13-20(25)24(14-15-10-11-15)21(18)16-6-2-1-3-7-16/h1-9,15H,10-14H2. The number of allylic oxidation sites excluding steroid dienone is 1. The molecule has 4 heteroatoms. The molecule has 0 aromatic heterocycles. The van der Waals surface area contributed by atoms with Gasteiger partial charge in [-0.15, -0.1) is 0 Å². The minimum Gasteiger partial charge on any atom is -0.311 e. The zero-order valence-electron chi connectivity index (χ0n) is 14.5. The summed E-state index contributed by atoms with van der Waals surface area (Å²) in [6.45, 7) is 0.697. The van der Waals surface area contributed by atoms with Gasteiger partial charge < -0.3 is 4.90 Å². The van der Waals surface area contributed by atoms with E-state index in [1.54, 1.807) is 12.1 Å². The van der Waals surface area contributed by atoms with Crippen LogP contribution in [0.1, 0.15) is 41.6 Å². The van der Waals surface area contributed by atoms with Crippen LogP contribution in [0.5, 0.6) is 0 Å². The van der Waals surface area contributed by atoms with Crippen LogP contribution in [-0.4, -0.2) is 23.1 Å². The van der Waals surface area contributed by atoms with Crippen molar-refractivity contribution in [3.8, 4) is 0 Å². The Morgan fingerprint density at radius 1 is 1.00 bits per heavy atom. The van der Waals surface area contributed by atoms with Gasteiger partial charge in [-0.3, -0.25) is 9.59 Å². The average Bonchev–Trinajstić information content (AvgIpc) is 3.48. The highest BCUT2D eigenvalue weighted by Crippen LogP contribution is 2.38. The van der Waals surface area contributed by atoms with Crippen LogP contribution in [0.25, 0.3) is 5.70 Å². The van der Waals surface area contributed by atoms with Crippen molar-refractivity contribution in [3.63, 3.8) is 0 Å². The van der Waals surface area contributed by atoms with Gasteiger partial charge in [-0.05, 0) is 42.9 Å². The number of carbonyl (C=O) groups is 2. The molecule has 4 rings (SSSR count). The van der Waals surface area contributed by atoms with E-state index in [1.165, 1.54) is 0 Å². The van der Waals surface area contributed by atoms with Crippen LogP contribution in [0.3, 0.4) is 0 Å². The van der Waals surface area contributed by atoms with E-state index in [0.717, 1.165) is 24.1 Å². The molecule has 0 radical (unpaired) electrons. The van der Waals surface area contributed by atoms with Crippen LogP contribution >= 0.6 is 11.6 Å². The fraction of sp³-hybridized carbons (Fsp3) is 0.273. The molecule has 0 atom stereocenters. The minimum absolute atomic E-state index is 0.0808. The van der Waals surface area contributed by atoms with Gasteiger partial charge in [-0.1, -0.05) is 54.1 Å². The SMILES string of the molecule is O=C(C1=C(c2ccccc2)N(CC2CC2)C(=O)CC1)c1ccccc1Cl. The number of hydrogen-bond acceptors (Lipinski definition) is 2. The lowest BCUT2D eigenvalue weighted by Crippen LogP contribution is -2.36. The molecular weight excluding hydrogens is 346 g/mol. The molecule has 3 nitrogen and oxygen atoms in total. The molecule has 26 heavy (non-hydrogen) atoms. The van der Waals surface area contributed by atoms with E-state index in [-0.39, 0.29) is 11.7 Å². The molecule has 1 saturated carbocycles. The molecule has 1 aliphatic heterocycles. The third kappa shape index (κ3) is 3.32. The fourth-order valence-corrected chi connectivity index (χ4v) is 3.70. The smallest absolute Gasteiger partial charge is 0.227 e. The summed E-state index contributed by atoms with van der Waals surface area (Å²) in [7, 11) is 0. The average molecular weight is 366 g/mol. The van der Waals surface area contributed by atoms with Crippen molar-refractivity contribution in [2.45, 2.75) is 25.7 Å². The molecule has 2 aromatic rings. The number of rotatable bonds is 5. The first-order valence-corrected chi connectivity index (χ1v) is 9.41. The summed E-state index contributed by atoms with van der Waals surface area (Å²) in [4.78, 5) is 27.8. The third-order valence-corrected chi connectivity index (χ3v) is 5.35. The Balaban J connectivity index is 1.84. The summed E-state index contributed by atoms with van der Waals surface area (Å²) in [6, 6.07) is 16.9. The molecule has 132 valence electrons. The van der Waals surface area contributed by atoms with Gasteiger partial charge in [0.05, 0.1) is 10.7 Å². The zero-order chi connectivity index (χ0) is 18.1. The number of halogens is 1. The molecule has 1 fully saturated rings. The monoisotopic (exact) mass is 365 g/mol. The van der Waals surface area contributed by atoms with Crippen LogP contribution in [-0.2, 0) is 4.79 Å².